The fourth-order valence-corrected chi connectivity index (χ4v) is 2.99. The van der Waals surface area contributed by atoms with Gasteiger partial charge in [-0.1, -0.05) is 25.5 Å². The zero-order valence-electron chi connectivity index (χ0n) is 13.7. The fraction of sp³-hybridized carbons (Fsp3) is 0.375. The summed E-state index contributed by atoms with van der Waals surface area (Å²) in [5, 5.41) is 18.8. The number of aryl methyl sites for hydroxylation is 1. The van der Waals surface area contributed by atoms with Gasteiger partial charge in [-0.05, 0) is 24.1 Å². The number of carboxylic acid groups (broad SMARTS) is 1. The number of unbranched alkanes of at least 4 members (excludes halogenated alkanes) is 1. The summed E-state index contributed by atoms with van der Waals surface area (Å²) in [6, 6.07) is 6.10. The summed E-state index contributed by atoms with van der Waals surface area (Å²) in [6.45, 7) is 2.21. The number of H-pyrrole nitrogens is 1. The van der Waals surface area contributed by atoms with E-state index >= 15 is 0 Å². The molecule has 1 unspecified atom stereocenters. The smallest absolute Gasteiger partial charge is 0.335 e. The van der Waals surface area contributed by atoms with Crippen molar-refractivity contribution in [3.8, 4) is 0 Å². The summed E-state index contributed by atoms with van der Waals surface area (Å²) in [5.74, 6) is -0.361. The van der Waals surface area contributed by atoms with Crippen LogP contribution < -0.4 is 4.57 Å². The van der Waals surface area contributed by atoms with Crippen LogP contribution in [0.3, 0.4) is 0 Å². The number of carboxylic acids is 1. The van der Waals surface area contributed by atoms with Gasteiger partial charge in [0.1, 0.15) is 22.9 Å². The molecule has 25 heavy (non-hydrogen) atoms. The van der Waals surface area contributed by atoms with Crippen LogP contribution in [0, 0.1) is 0 Å². The Morgan fingerprint density at radius 1 is 1.32 bits per heavy atom. The minimum atomic E-state index is -4.91. The van der Waals surface area contributed by atoms with Crippen LogP contribution in [0.25, 0.3) is 0 Å². The van der Waals surface area contributed by atoms with Gasteiger partial charge < -0.3 is 14.8 Å². The average Bonchev–Trinajstić information content (AvgIpc) is 2.94. The lowest BCUT2D eigenvalue weighted by Crippen LogP contribution is -2.43. The van der Waals surface area contributed by atoms with E-state index in [9.17, 15) is 22.9 Å². The maximum absolute atomic E-state index is 11.2. The van der Waals surface area contributed by atoms with E-state index in [0.29, 0.717) is 17.8 Å². The molecule has 1 aromatic carbocycles. The molecule has 0 amide bonds. The van der Waals surface area contributed by atoms with Crippen LogP contribution in [0.2, 0.25) is 0 Å². The molecule has 0 bridgehead atoms. The van der Waals surface area contributed by atoms with Gasteiger partial charge in [0.25, 0.3) is 5.82 Å². The minimum absolute atomic E-state index is 0.0385. The van der Waals surface area contributed by atoms with Gasteiger partial charge >= 0.3 is 5.97 Å². The molecule has 136 valence electrons. The van der Waals surface area contributed by atoms with E-state index in [1.54, 1.807) is 16.7 Å². The summed E-state index contributed by atoms with van der Waals surface area (Å²) in [7, 11) is -4.91. The third-order valence-electron chi connectivity index (χ3n) is 3.86. The number of benzene rings is 1. The number of nitrogens with zero attached hydrogens (tertiary/aromatic N) is 1. The van der Waals surface area contributed by atoms with E-state index in [-0.39, 0.29) is 17.8 Å². The summed E-state index contributed by atoms with van der Waals surface area (Å²) in [6.07, 6.45) is 3.70. The van der Waals surface area contributed by atoms with Gasteiger partial charge in [0.15, 0.2) is 5.69 Å². The third kappa shape index (κ3) is 4.65. The Kier molecular flexibility index (Phi) is 5.93. The zero-order chi connectivity index (χ0) is 18.6. The van der Waals surface area contributed by atoms with Crippen molar-refractivity contribution in [1.29, 1.82) is 0 Å². The molecule has 9 heteroatoms. The van der Waals surface area contributed by atoms with Crippen LogP contribution in [0.1, 0.15) is 52.6 Å². The van der Waals surface area contributed by atoms with E-state index in [0.717, 1.165) is 12.8 Å². The lowest BCUT2D eigenvalue weighted by atomic mass is 10.1. The Balaban J connectivity index is 2.38. The number of aromatic carboxylic acids is 1. The molecule has 0 fully saturated rings. The lowest BCUT2D eigenvalue weighted by Gasteiger charge is -2.14. The van der Waals surface area contributed by atoms with Crippen molar-refractivity contribution in [3.63, 3.8) is 0 Å². The maximum atomic E-state index is 11.2. The number of carbonyl (C=O) groups is 1. The average molecular weight is 368 g/mol. The van der Waals surface area contributed by atoms with Crippen LogP contribution in [0.15, 0.2) is 30.5 Å². The highest BCUT2D eigenvalue weighted by Gasteiger charge is 2.28. The summed E-state index contributed by atoms with van der Waals surface area (Å²) in [5.41, 5.74) is -1.36. The van der Waals surface area contributed by atoms with Crippen molar-refractivity contribution in [2.24, 2.45) is 0 Å². The molecule has 0 aliphatic heterocycles. The van der Waals surface area contributed by atoms with Crippen molar-refractivity contribution >= 4 is 16.1 Å². The molecule has 0 aliphatic carbocycles. The molecule has 0 aliphatic rings. The van der Waals surface area contributed by atoms with Crippen LogP contribution >= 0.6 is 0 Å². The van der Waals surface area contributed by atoms with E-state index in [1.807, 2.05) is 6.92 Å². The zero-order valence-corrected chi connectivity index (χ0v) is 14.5. The van der Waals surface area contributed by atoms with Crippen molar-refractivity contribution in [2.45, 2.75) is 38.2 Å². The monoisotopic (exact) mass is 368 g/mol. The number of hydrogen-bond acceptors (Lipinski definition) is 5. The van der Waals surface area contributed by atoms with E-state index in [1.165, 1.54) is 18.3 Å². The highest BCUT2D eigenvalue weighted by molar-refractivity contribution is 7.85. The normalized spacial score (nSPS) is 12.9. The number of aromatic amines is 1. The maximum Gasteiger partial charge on any atom is 0.335 e. The third-order valence-corrected chi connectivity index (χ3v) is 4.65. The molecule has 2 aromatic rings. The Morgan fingerprint density at radius 2 is 1.96 bits per heavy atom. The molecule has 0 spiro atoms. The van der Waals surface area contributed by atoms with E-state index in [2.05, 4.69) is 4.98 Å². The molecule has 1 heterocycles. The van der Waals surface area contributed by atoms with Crippen molar-refractivity contribution in [1.82, 2.24) is 4.98 Å². The van der Waals surface area contributed by atoms with Crippen LogP contribution in [-0.2, 0) is 23.1 Å². The molecule has 0 saturated carbocycles. The fourth-order valence-electron chi connectivity index (χ4n) is 2.49. The van der Waals surface area contributed by atoms with Crippen LogP contribution in [0.4, 0.5) is 0 Å². The van der Waals surface area contributed by atoms with Crippen molar-refractivity contribution < 1.29 is 32.5 Å². The molecule has 0 radical (unpaired) electrons. The Labute approximate surface area is 145 Å². The topological polar surface area (TPSA) is 134 Å². The van der Waals surface area contributed by atoms with Gasteiger partial charge in [0.2, 0.25) is 5.44 Å². The SMILES string of the molecule is CCCCc1[nH]cc(C(O)S(=O)(=O)[O-])[n+]1Cc1ccc(C(=O)O)cc1. The van der Waals surface area contributed by atoms with Gasteiger partial charge in [-0.25, -0.2) is 22.8 Å². The second-order valence-corrected chi connectivity index (χ2v) is 7.13. The molecular weight excluding hydrogens is 348 g/mol. The lowest BCUT2D eigenvalue weighted by molar-refractivity contribution is -0.703. The van der Waals surface area contributed by atoms with E-state index in [4.69, 9.17) is 5.11 Å². The standard InChI is InChI=1S/C16H20N2O6S/c1-2-3-4-14-17-9-13(16(21)25(22,23)24)18(14)10-11-5-7-12(8-6-11)15(19)20/h5-9,16,21H,2-4,10H2,1H3,(H2,19,20,22,23,24). The number of aliphatic hydroxyl groups excluding tert-OH is 1. The van der Waals surface area contributed by atoms with Gasteiger partial charge in [-0.2, -0.15) is 0 Å². The molecule has 1 aromatic heterocycles. The second-order valence-electron chi connectivity index (χ2n) is 5.70. The summed E-state index contributed by atoms with van der Waals surface area (Å²) >= 11 is 0. The molecular formula is C16H20N2O6S. The van der Waals surface area contributed by atoms with Crippen molar-refractivity contribution in [3.05, 3.63) is 53.1 Å². The van der Waals surface area contributed by atoms with Gasteiger partial charge in [-0.3, -0.25) is 0 Å². The van der Waals surface area contributed by atoms with Gasteiger partial charge in [0.05, 0.1) is 5.56 Å². The minimum Gasteiger partial charge on any atom is -0.746 e. The highest BCUT2D eigenvalue weighted by Crippen LogP contribution is 2.16. The first-order valence-corrected chi connectivity index (χ1v) is 9.26. The Morgan fingerprint density at radius 3 is 2.48 bits per heavy atom. The Hall–Kier alpha value is -2.23. The largest absolute Gasteiger partial charge is 0.746 e. The molecule has 1 atom stereocenters. The second kappa shape index (κ2) is 7.77. The van der Waals surface area contributed by atoms with E-state index < -0.39 is 21.5 Å². The highest BCUT2D eigenvalue weighted by atomic mass is 32.2. The molecule has 3 N–H and O–H groups in total. The van der Waals surface area contributed by atoms with Gasteiger partial charge in [0, 0.05) is 6.42 Å². The molecule has 2 rings (SSSR count). The summed E-state index contributed by atoms with van der Waals surface area (Å²) < 4.78 is 35.1. The predicted octanol–water partition coefficient (Wildman–Crippen LogP) is 0.927. The first-order chi connectivity index (χ1) is 11.7. The number of hydrogen-bond donors (Lipinski definition) is 3. The van der Waals surface area contributed by atoms with Crippen molar-refractivity contribution in [2.75, 3.05) is 0 Å². The van der Waals surface area contributed by atoms with Gasteiger partial charge in [-0.15, -0.1) is 0 Å². The number of imidazole rings is 1. The number of rotatable bonds is 8. The number of aliphatic hydroxyl groups is 1. The molecule has 8 nitrogen and oxygen atoms in total. The summed E-state index contributed by atoms with van der Waals surface area (Å²) in [4.78, 5) is 13.8. The Bertz CT molecular complexity index is 842. The first kappa shape index (κ1) is 19.1. The van der Waals surface area contributed by atoms with Crippen LogP contribution in [-0.4, -0.2) is 34.1 Å². The van der Waals surface area contributed by atoms with Crippen LogP contribution in [0.5, 0.6) is 0 Å². The number of nitrogens with one attached hydrogen (secondary N) is 1. The first-order valence-electron chi connectivity index (χ1n) is 7.79. The molecule has 0 saturated heterocycles. The quantitative estimate of drug-likeness (QED) is 0.469. The predicted molar refractivity (Wildman–Crippen MR) is 86.8 cm³/mol. The number of aromatic nitrogens is 2.